The largest absolute Gasteiger partial charge is 0.387 e. The van der Waals surface area contributed by atoms with Gasteiger partial charge in [-0.1, -0.05) is 32.9 Å². The lowest BCUT2D eigenvalue weighted by Gasteiger charge is -2.25. The highest BCUT2D eigenvalue weighted by Crippen LogP contribution is 2.25. The Hall–Kier alpha value is -5.46. The summed E-state index contributed by atoms with van der Waals surface area (Å²) >= 11 is 0. The summed E-state index contributed by atoms with van der Waals surface area (Å²) in [6, 6.07) is 17.6. The van der Waals surface area contributed by atoms with Crippen molar-refractivity contribution in [1.29, 1.82) is 0 Å². The molecule has 3 N–H and O–H groups in total. The van der Waals surface area contributed by atoms with Crippen LogP contribution in [0.25, 0.3) is 0 Å². The third kappa shape index (κ3) is 13.3. The van der Waals surface area contributed by atoms with E-state index in [9.17, 15) is 37.4 Å². The molecule has 0 aliphatic carbocycles. The van der Waals surface area contributed by atoms with Gasteiger partial charge in [-0.25, -0.2) is 17.6 Å². The Balaban J connectivity index is 0.000000311. The van der Waals surface area contributed by atoms with Gasteiger partial charge < -0.3 is 20.4 Å². The van der Waals surface area contributed by atoms with Crippen molar-refractivity contribution in [1.82, 2.24) is 20.2 Å². The highest BCUT2D eigenvalue weighted by atomic mass is 19.1. The summed E-state index contributed by atoms with van der Waals surface area (Å²) in [5, 5.41) is 24.2. The van der Waals surface area contributed by atoms with Crippen LogP contribution in [0.5, 0.6) is 0 Å². The van der Waals surface area contributed by atoms with Crippen molar-refractivity contribution in [2.75, 3.05) is 13.1 Å². The minimum absolute atomic E-state index is 0.0461. The van der Waals surface area contributed by atoms with Gasteiger partial charge in [0.25, 0.3) is 11.8 Å². The van der Waals surface area contributed by atoms with E-state index in [-0.39, 0.29) is 29.4 Å². The lowest BCUT2D eigenvalue weighted by Crippen LogP contribution is -2.41. The Bertz CT molecular complexity index is 2090. The van der Waals surface area contributed by atoms with E-state index < -0.39 is 47.4 Å². The molecule has 0 bridgehead atoms. The molecule has 8 nitrogen and oxygen atoms in total. The average Bonchev–Trinajstić information content (AvgIpc) is 3.16. The summed E-state index contributed by atoms with van der Waals surface area (Å²) < 4.78 is 54.0. The van der Waals surface area contributed by atoms with E-state index in [4.69, 9.17) is 0 Å². The molecule has 2 aromatic heterocycles. The highest BCUT2D eigenvalue weighted by Gasteiger charge is 2.26. The van der Waals surface area contributed by atoms with Gasteiger partial charge in [-0.2, -0.15) is 0 Å². The molecule has 308 valence electrons. The number of pyridine rings is 2. The molecule has 5 aromatic rings. The molecule has 0 fully saturated rings. The molecule has 0 radical (unpaired) electrons. The number of amides is 2. The van der Waals surface area contributed by atoms with E-state index in [2.05, 4.69) is 15.3 Å². The second kappa shape index (κ2) is 21.3. The summed E-state index contributed by atoms with van der Waals surface area (Å²) in [5.41, 5.74) is 4.98. The molecule has 2 heterocycles. The van der Waals surface area contributed by atoms with Crippen LogP contribution in [0.15, 0.2) is 91.3 Å². The fourth-order valence-electron chi connectivity index (χ4n) is 6.57. The highest BCUT2D eigenvalue weighted by molar-refractivity contribution is 6.00. The number of halogens is 4. The predicted molar refractivity (Wildman–Crippen MR) is 216 cm³/mol. The molecule has 0 spiro atoms. The zero-order valence-electron chi connectivity index (χ0n) is 33.8. The minimum Gasteiger partial charge on any atom is -0.387 e. The Morgan fingerprint density at radius 2 is 1.10 bits per heavy atom. The number of aromatic nitrogens is 2. The quantitative estimate of drug-likeness (QED) is 0.0912. The number of aliphatic hydroxyl groups is 2. The van der Waals surface area contributed by atoms with Gasteiger partial charge in [0.1, 0.15) is 29.4 Å². The maximum absolute atomic E-state index is 13.9. The molecule has 5 rings (SSSR count). The molecule has 12 heteroatoms. The van der Waals surface area contributed by atoms with Gasteiger partial charge in [0.2, 0.25) is 0 Å². The van der Waals surface area contributed by atoms with Crippen molar-refractivity contribution >= 4 is 11.8 Å². The lowest BCUT2D eigenvalue weighted by molar-refractivity contribution is 0.0755. The van der Waals surface area contributed by atoms with Gasteiger partial charge in [-0.15, -0.1) is 0 Å². The van der Waals surface area contributed by atoms with Crippen LogP contribution in [0, 0.1) is 50.0 Å². The summed E-state index contributed by atoms with van der Waals surface area (Å²) in [5.74, 6) is -3.57. The van der Waals surface area contributed by atoms with Crippen molar-refractivity contribution in [2.45, 2.75) is 85.5 Å². The van der Waals surface area contributed by atoms with Gasteiger partial charge in [-0.05, 0) is 135 Å². The Morgan fingerprint density at radius 1 is 0.638 bits per heavy atom. The van der Waals surface area contributed by atoms with E-state index in [0.717, 1.165) is 53.8 Å². The average molecular weight is 801 g/mol. The van der Waals surface area contributed by atoms with Crippen molar-refractivity contribution < 1.29 is 37.4 Å². The molecule has 0 aliphatic heterocycles. The first kappa shape index (κ1) is 45.2. The second-order valence-electron chi connectivity index (χ2n) is 14.8. The first-order valence-corrected chi connectivity index (χ1v) is 19.4. The first-order valence-electron chi connectivity index (χ1n) is 19.4. The second-order valence-corrected chi connectivity index (χ2v) is 14.8. The third-order valence-corrected chi connectivity index (χ3v) is 9.43. The van der Waals surface area contributed by atoms with Crippen LogP contribution in [-0.2, 0) is 12.8 Å². The lowest BCUT2D eigenvalue weighted by atomic mass is 9.93. The standard InChI is InChI=1S/C30H35F2N3O3.C16H17F2NO/c1-5-9-35(10-6-2)30(38)23-12-20(4)11-22(16-23)29(37)34-27(15-21-13-24(31)17-25(32)14-21)28(36)26-8-7-19(3)18-33-26;1-10-3-4-15(19-9-10)16(20)11(2)5-12-6-13(17)8-14(18)7-12/h7-8,11-14,16-18,27-28,36H,5-6,9-10,15H2,1-4H3,(H,34,37);3-4,6-9,11,16,20H,5H2,1-2H3/t27-,28?;11-,16?/m00/s1. The Labute approximate surface area is 338 Å². The molecule has 3 aromatic carbocycles. The fourth-order valence-corrected chi connectivity index (χ4v) is 6.57. The number of carbonyl (C=O) groups excluding carboxylic acids is 2. The molecular formula is C46H52F4N4O4. The summed E-state index contributed by atoms with van der Waals surface area (Å²) in [6.45, 7) is 12.6. The summed E-state index contributed by atoms with van der Waals surface area (Å²) in [4.78, 5) is 36.8. The molecule has 0 saturated heterocycles. The van der Waals surface area contributed by atoms with Gasteiger partial charge in [0, 0.05) is 48.7 Å². The topological polar surface area (TPSA) is 116 Å². The number of aliphatic hydroxyl groups excluding tert-OH is 2. The number of nitrogens with zero attached hydrogens (tertiary/aromatic N) is 3. The van der Waals surface area contributed by atoms with E-state index >= 15 is 0 Å². The molecule has 0 aliphatic rings. The molecule has 2 unspecified atom stereocenters. The van der Waals surface area contributed by atoms with Crippen molar-refractivity contribution in [3.05, 3.63) is 165 Å². The zero-order chi connectivity index (χ0) is 42.5. The Kier molecular flexibility index (Phi) is 16.6. The number of hydrogen-bond donors (Lipinski definition) is 3. The normalized spacial score (nSPS) is 13.1. The van der Waals surface area contributed by atoms with Crippen LogP contribution < -0.4 is 5.32 Å². The van der Waals surface area contributed by atoms with Gasteiger partial charge in [-0.3, -0.25) is 19.6 Å². The molecule has 4 atom stereocenters. The summed E-state index contributed by atoms with van der Waals surface area (Å²) in [7, 11) is 0. The van der Waals surface area contributed by atoms with Crippen LogP contribution in [0.4, 0.5) is 17.6 Å². The number of nitrogens with one attached hydrogen (secondary N) is 1. The predicted octanol–water partition coefficient (Wildman–Crippen LogP) is 8.89. The van der Waals surface area contributed by atoms with Crippen LogP contribution >= 0.6 is 0 Å². The van der Waals surface area contributed by atoms with E-state index in [0.29, 0.717) is 42.0 Å². The van der Waals surface area contributed by atoms with Crippen molar-refractivity contribution in [3.63, 3.8) is 0 Å². The minimum atomic E-state index is -1.25. The monoisotopic (exact) mass is 800 g/mol. The number of rotatable bonds is 15. The van der Waals surface area contributed by atoms with Crippen molar-refractivity contribution in [3.8, 4) is 0 Å². The molecule has 0 saturated carbocycles. The molecular weight excluding hydrogens is 749 g/mol. The van der Waals surface area contributed by atoms with Crippen LogP contribution in [0.1, 0.15) is 106 Å². The maximum Gasteiger partial charge on any atom is 0.253 e. The Morgan fingerprint density at radius 3 is 1.57 bits per heavy atom. The van der Waals surface area contributed by atoms with Gasteiger partial charge in [0.15, 0.2) is 0 Å². The van der Waals surface area contributed by atoms with Gasteiger partial charge >= 0.3 is 0 Å². The van der Waals surface area contributed by atoms with E-state index in [1.165, 1.54) is 12.1 Å². The summed E-state index contributed by atoms with van der Waals surface area (Å²) in [6.07, 6.45) is 3.24. The van der Waals surface area contributed by atoms with Gasteiger partial charge in [0.05, 0.1) is 23.5 Å². The van der Waals surface area contributed by atoms with Crippen LogP contribution in [-0.4, -0.2) is 56.0 Å². The molecule has 58 heavy (non-hydrogen) atoms. The number of carbonyl (C=O) groups is 2. The van der Waals surface area contributed by atoms with E-state index in [1.54, 1.807) is 60.6 Å². The van der Waals surface area contributed by atoms with E-state index in [1.807, 2.05) is 40.7 Å². The fraction of sp³-hybridized carbons (Fsp3) is 0.348. The third-order valence-electron chi connectivity index (χ3n) is 9.43. The smallest absolute Gasteiger partial charge is 0.253 e. The first-order chi connectivity index (χ1) is 27.6. The number of hydrogen-bond acceptors (Lipinski definition) is 6. The maximum atomic E-state index is 13.9. The number of aryl methyl sites for hydroxylation is 3. The zero-order valence-corrected chi connectivity index (χ0v) is 33.8. The molecule has 2 amide bonds. The number of benzene rings is 3. The van der Waals surface area contributed by atoms with Crippen LogP contribution in [0.2, 0.25) is 0 Å². The SMILES string of the molecule is CCCN(CCC)C(=O)c1cc(C)cc(C(=O)N[C@@H](Cc2cc(F)cc(F)c2)C(O)c2ccc(C)cn2)c1.Cc1ccc(C(O)[C@@H](C)Cc2cc(F)cc(F)c2)nc1. The van der Waals surface area contributed by atoms with Crippen molar-refractivity contribution in [2.24, 2.45) is 5.92 Å². The van der Waals surface area contributed by atoms with Crippen LogP contribution in [0.3, 0.4) is 0 Å².